The van der Waals surface area contributed by atoms with Gasteiger partial charge in [0.05, 0.1) is 0 Å². The molecular weight excluding hydrogens is 118 g/mol. The molecule has 0 fully saturated rings. The van der Waals surface area contributed by atoms with E-state index in [1.807, 2.05) is 0 Å². The molecule has 0 aromatic heterocycles. The Bertz CT molecular complexity index is 55.8. The van der Waals surface area contributed by atoms with Crippen molar-refractivity contribution in [3.63, 3.8) is 0 Å². The van der Waals surface area contributed by atoms with Gasteiger partial charge in [0.1, 0.15) is 0 Å². The van der Waals surface area contributed by atoms with Crippen LogP contribution in [0.3, 0.4) is 0 Å². The second-order valence-corrected chi connectivity index (χ2v) is 0.449. The topological polar surface area (TPSA) is 75.3 Å². The van der Waals surface area contributed by atoms with E-state index in [1.165, 1.54) is 5.43 Å². The molecule has 0 aromatic carbocycles. The van der Waals surface area contributed by atoms with E-state index in [4.69, 9.17) is 9.90 Å². The van der Waals surface area contributed by atoms with Crippen molar-refractivity contribution < 1.29 is 71.9 Å². The Morgan fingerprint density at radius 3 is 1.86 bits per heavy atom. The van der Waals surface area contributed by atoms with E-state index in [1.54, 1.807) is 0 Å². The maximum absolute atomic E-state index is 9.13. The number of amides is 1. The zero-order chi connectivity index (χ0) is 4.28. The first kappa shape index (κ1) is 15.7. The molecule has 34 valence electrons. The summed E-state index contributed by atoms with van der Waals surface area (Å²) in [6.07, 6.45) is -1.22. The van der Waals surface area contributed by atoms with Crippen molar-refractivity contribution >= 4 is 6.09 Å². The van der Waals surface area contributed by atoms with Gasteiger partial charge >= 0.3 is 65.2 Å². The fourth-order valence-corrected chi connectivity index (χ4v) is 0. The molecule has 0 radical (unpaired) electrons. The van der Waals surface area contributed by atoms with Crippen LogP contribution in [0.5, 0.6) is 0 Å². The van der Waals surface area contributed by atoms with E-state index >= 15 is 0 Å². The van der Waals surface area contributed by atoms with Gasteiger partial charge in [0.2, 0.25) is 0 Å². The van der Waals surface area contributed by atoms with Crippen LogP contribution >= 0.6 is 0 Å². The fourth-order valence-electron chi connectivity index (χ4n) is 0. The van der Waals surface area contributed by atoms with Crippen molar-refractivity contribution in [3.8, 4) is 0 Å². The molecule has 0 aromatic rings. The van der Waals surface area contributed by atoms with Gasteiger partial charge in [-0.05, 0) is 0 Å². The molecule has 0 spiro atoms. The van der Waals surface area contributed by atoms with Crippen LogP contribution in [0, 0.1) is 0 Å². The van der Waals surface area contributed by atoms with Crippen molar-refractivity contribution in [2.24, 2.45) is 5.84 Å². The minimum atomic E-state index is -1.22. The summed E-state index contributed by atoms with van der Waals surface area (Å²) >= 11 is 0. The van der Waals surface area contributed by atoms with Crippen LogP contribution in [-0.4, -0.2) is 11.2 Å². The van der Waals surface area contributed by atoms with Gasteiger partial charge in [0.25, 0.3) is 0 Å². The number of nitrogens with two attached hydrogens (primary N) is 1. The van der Waals surface area contributed by atoms with Gasteiger partial charge < -0.3 is 7.96 Å². The summed E-state index contributed by atoms with van der Waals surface area (Å²) in [6, 6.07) is 0. The minimum Gasteiger partial charge on any atom is -1.00 e. The standard InChI is InChI=1S/CH4N2O2.2Na.2H/c2-3-1(4)5;;;;/h3H,2H2,(H,4,5);;;;/q;2*+1;2*-1. The molecule has 0 rings (SSSR count). The minimum absolute atomic E-state index is 0. The monoisotopic (exact) mass is 124 g/mol. The van der Waals surface area contributed by atoms with Crippen LogP contribution in [-0.2, 0) is 0 Å². The molecule has 1 amide bonds. The Kier molecular flexibility index (Phi) is 23.1. The number of hydrogen-bond donors (Lipinski definition) is 3. The van der Waals surface area contributed by atoms with Crippen molar-refractivity contribution in [1.29, 1.82) is 0 Å². The Hall–Kier alpha value is 1.23. The van der Waals surface area contributed by atoms with Gasteiger partial charge in [-0.2, -0.15) is 0 Å². The maximum Gasteiger partial charge on any atom is 1.00 e. The van der Waals surface area contributed by atoms with E-state index in [2.05, 4.69) is 5.84 Å². The van der Waals surface area contributed by atoms with Crippen LogP contribution in [0.4, 0.5) is 4.79 Å². The van der Waals surface area contributed by atoms with Crippen molar-refractivity contribution in [1.82, 2.24) is 5.43 Å². The average molecular weight is 124 g/mol. The van der Waals surface area contributed by atoms with Gasteiger partial charge in [-0.25, -0.2) is 10.6 Å². The Balaban J connectivity index is -0.0000000133. The molecule has 4 nitrogen and oxygen atoms in total. The second kappa shape index (κ2) is 10.3. The van der Waals surface area contributed by atoms with Crippen molar-refractivity contribution in [2.75, 3.05) is 0 Å². The predicted octanol–water partition coefficient (Wildman–Crippen LogP) is -6.64. The third-order valence-corrected chi connectivity index (χ3v) is 0.123. The van der Waals surface area contributed by atoms with Crippen LogP contribution in [0.25, 0.3) is 0 Å². The number of hydrazine groups is 1. The van der Waals surface area contributed by atoms with Gasteiger partial charge in [-0.15, -0.1) is 0 Å². The Labute approximate surface area is 88.4 Å². The van der Waals surface area contributed by atoms with Crippen LogP contribution < -0.4 is 70.4 Å². The summed E-state index contributed by atoms with van der Waals surface area (Å²) in [7, 11) is 0. The largest absolute Gasteiger partial charge is 1.00 e. The van der Waals surface area contributed by atoms with E-state index in [-0.39, 0.29) is 62.0 Å². The van der Waals surface area contributed by atoms with Crippen LogP contribution in [0.2, 0.25) is 0 Å². The van der Waals surface area contributed by atoms with Gasteiger partial charge in [-0.3, -0.25) is 5.43 Å². The fraction of sp³-hybridized carbons (Fsp3) is 0. The normalized spacial score (nSPS) is 4.71. The third kappa shape index (κ3) is 19.0. The van der Waals surface area contributed by atoms with E-state index in [0.29, 0.717) is 0 Å². The molecule has 0 bridgehead atoms. The van der Waals surface area contributed by atoms with Crippen molar-refractivity contribution in [3.05, 3.63) is 0 Å². The zero-order valence-electron chi connectivity index (χ0n) is 6.43. The molecule has 0 aliphatic carbocycles. The Morgan fingerprint density at radius 1 is 1.71 bits per heavy atom. The van der Waals surface area contributed by atoms with E-state index in [0.717, 1.165) is 0 Å². The first-order chi connectivity index (χ1) is 2.27. The summed E-state index contributed by atoms with van der Waals surface area (Å²) in [6.45, 7) is 0. The molecule has 0 unspecified atom stereocenters. The summed E-state index contributed by atoms with van der Waals surface area (Å²) < 4.78 is 0. The number of rotatable bonds is 0. The summed E-state index contributed by atoms with van der Waals surface area (Å²) in [4.78, 5) is 9.13. The summed E-state index contributed by atoms with van der Waals surface area (Å²) in [5.41, 5.74) is 1.44. The molecule has 0 saturated heterocycles. The molecule has 0 aliphatic heterocycles. The maximum atomic E-state index is 9.13. The van der Waals surface area contributed by atoms with Crippen LogP contribution in [0.15, 0.2) is 0 Å². The van der Waals surface area contributed by atoms with Crippen LogP contribution in [0.1, 0.15) is 2.85 Å². The smallest absolute Gasteiger partial charge is 1.00 e. The molecule has 0 heterocycles. The molecule has 7 heavy (non-hydrogen) atoms. The molecule has 6 heteroatoms. The summed E-state index contributed by atoms with van der Waals surface area (Å²) in [5, 5.41) is 7.49. The first-order valence-electron chi connectivity index (χ1n) is 0.966. The van der Waals surface area contributed by atoms with Gasteiger partial charge in [0.15, 0.2) is 0 Å². The average Bonchev–Trinajstić information content (AvgIpc) is 1.38. The number of hydrogen-bond acceptors (Lipinski definition) is 2. The second-order valence-electron chi connectivity index (χ2n) is 0.449. The van der Waals surface area contributed by atoms with Gasteiger partial charge in [-0.1, -0.05) is 0 Å². The number of carboxylic acid groups (broad SMARTS) is 1. The third-order valence-electron chi connectivity index (χ3n) is 0.123. The van der Waals surface area contributed by atoms with E-state index in [9.17, 15) is 0 Å². The zero-order valence-corrected chi connectivity index (χ0v) is 8.43. The number of carbonyl (C=O) groups is 1. The SMILES string of the molecule is NNC(=O)O.[H-].[H-].[Na+].[Na+]. The van der Waals surface area contributed by atoms with E-state index < -0.39 is 6.09 Å². The molecular formula is CH6N2Na2O2. The molecule has 0 atom stereocenters. The van der Waals surface area contributed by atoms with Crippen molar-refractivity contribution in [2.45, 2.75) is 0 Å². The molecule has 4 N–H and O–H groups in total. The Morgan fingerprint density at radius 2 is 1.86 bits per heavy atom. The number of nitrogens with one attached hydrogen (secondary N) is 1. The van der Waals surface area contributed by atoms with Gasteiger partial charge in [0, 0.05) is 0 Å². The quantitative estimate of drug-likeness (QED) is 0.130. The predicted molar refractivity (Wildman–Crippen MR) is 17.6 cm³/mol. The first-order valence-corrected chi connectivity index (χ1v) is 0.966. The molecule has 0 aliphatic rings. The summed E-state index contributed by atoms with van der Waals surface area (Å²) in [5.74, 6) is 4.32. The molecule has 0 saturated carbocycles.